The standard InChI is InChI=1S/C17H18F3N3O3/c1-25-14-8-15(26-2)13(7-12(14)17(18,19)20)23(16(22)24)11-5-3-10(9-21)4-6-11/h3-8H,9,21H2,1-2H3,(H2,22,24). The second-order valence-electron chi connectivity index (χ2n) is 5.27. The largest absolute Gasteiger partial charge is 0.496 e. The Balaban J connectivity index is 2.68. The van der Waals surface area contributed by atoms with Gasteiger partial charge in [-0.15, -0.1) is 0 Å². The molecule has 26 heavy (non-hydrogen) atoms. The van der Waals surface area contributed by atoms with Crippen LogP contribution in [0, 0.1) is 0 Å². The van der Waals surface area contributed by atoms with Crippen molar-refractivity contribution >= 4 is 17.4 Å². The summed E-state index contributed by atoms with van der Waals surface area (Å²) in [7, 11) is 2.38. The molecule has 2 aromatic carbocycles. The number of carbonyl (C=O) groups excluding carboxylic acids is 1. The lowest BCUT2D eigenvalue weighted by Crippen LogP contribution is -2.32. The Hall–Kier alpha value is -2.94. The number of anilines is 2. The highest BCUT2D eigenvalue weighted by Gasteiger charge is 2.36. The fourth-order valence-electron chi connectivity index (χ4n) is 2.44. The van der Waals surface area contributed by atoms with Gasteiger partial charge >= 0.3 is 12.2 Å². The highest BCUT2D eigenvalue weighted by Crippen LogP contribution is 2.44. The second kappa shape index (κ2) is 7.52. The lowest BCUT2D eigenvalue weighted by molar-refractivity contribution is -0.138. The zero-order valence-corrected chi connectivity index (χ0v) is 14.1. The molecule has 0 aromatic heterocycles. The summed E-state index contributed by atoms with van der Waals surface area (Å²) in [6.45, 7) is 0.279. The van der Waals surface area contributed by atoms with Gasteiger partial charge in [0.25, 0.3) is 0 Å². The molecule has 0 saturated heterocycles. The smallest absolute Gasteiger partial charge is 0.420 e. The van der Waals surface area contributed by atoms with Gasteiger partial charge in [-0.05, 0) is 23.8 Å². The number of halogens is 3. The molecular weight excluding hydrogens is 351 g/mol. The molecule has 6 nitrogen and oxygen atoms in total. The molecule has 0 saturated carbocycles. The number of amides is 2. The SMILES string of the molecule is COc1cc(OC)c(C(F)(F)F)cc1N(C(N)=O)c1ccc(CN)cc1. The number of hydrogen-bond donors (Lipinski definition) is 2. The monoisotopic (exact) mass is 369 g/mol. The van der Waals surface area contributed by atoms with Crippen molar-refractivity contribution in [1.29, 1.82) is 0 Å². The predicted molar refractivity (Wildman–Crippen MR) is 90.6 cm³/mol. The highest BCUT2D eigenvalue weighted by molar-refractivity contribution is 6.00. The molecule has 9 heteroatoms. The maximum Gasteiger partial charge on any atom is 0.420 e. The quantitative estimate of drug-likeness (QED) is 0.845. The van der Waals surface area contributed by atoms with Crippen LogP contribution in [0.2, 0.25) is 0 Å². The van der Waals surface area contributed by atoms with Crippen LogP contribution in [0.1, 0.15) is 11.1 Å². The van der Waals surface area contributed by atoms with Crippen LogP contribution in [0.25, 0.3) is 0 Å². The minimum atomic E-state index is -4.70. The molecular formula is C17H18F3N3O3. The van der Waals surface area contributed by atoms with Crippen molar-refractivity contribution in [3.63, 3.8) is 0 Å². The molecule has 0 spiro atoms. The van der Waals surface area contributed by atoms with Gasteiger partial charge in [0.15, 0.2) is 0 Å². The average Bonchev–Trinajstić information content (AvgIpc) is 2.61. The van der Waals surface area contributed by atoms with Crippen LogP contribution in [0.4, 0.5) is 29.3 Å². The summed E-state index contributed by atoms with van der Waals surface area (Å²) in [6.07, 6.45) is -4.70. The zero-order valence-electron chi connectivity index (χ0n) is 14.1. The average molecular weight is 369 g/mol. The topological polar surface area (TPSA) is 90.8 Å². The first-order valence-electron chi connectivity index (χ1n) is 7.44. The molecule has 2 amide bonds. The van der Waals surface area contributed by atoms with Crippen molar-refractivity contribution in [1.82, 2.24) is 0 Å². The summed E-state index contributed by atoms with van der Waals surface area (Å²) >= 11 is 0. The molecule has 2 rings (SSSR count). The number of nitrogens with two attached hydrogens (primary N) is 2. The molecule has 0 unspecified atom stereocenters. The fourth-order valence-corrected chi connectivity index (χ4v) is 2.44. The number of nitrogens with zero attached hydrogens (tertiary/aromatic N) is 1. The minimum absolute atomic E-state index is 0.00319. The Morgan fingerprint density at radius 2 is 1.65 bits per heavy atom. The number of primary amides is 1. The van der Waals surface area contributed by atoms with E-state index in [-0.39, 0.29) is 23.7 Å². The molecule has 140 valence electrons. The minimum Gasteiger partial charge on any atom is -0.496 e. The van der Waals surface area contributed by atoms with Crippen LogP contribution in [0.15, 0.2) is 36.4 Å². The Labute approximate surface area is 148 Å². The maximum atomic E-state index is 13.3. The summed E-state index contributed by atoms with van der Waals surface area (Å²) in [5.41, 5.74) is 10.8. The van der Waals surface area contributed by atoms with Crippen LogP contribution < -0.4 is 25.8 Å². The van der Waals surface area contributed by atoms with Crippen LogP contribution in [0.3, 0.4) is 0 Å². The molecule has 0 atom stereocenters. The molecule has 0 aliphatic carbocycles. The lowest BCUT2D eigenvalue weighted by atomic mass is 10.1. The summed E-state index contributed by atoms with van der Waals surface area (Å²) in [6, 6.07) is 7.20. The molecule has 0 fully saturated rings. The van der Waals surface area contributed by atoms with Crippen molar-refractivity contribution < 1.29 is 27.4 Å². The van der Waals surface area contributed by atoms with E-state index in [4.69, 9.17) is 20.9 Å². The number of rotatable bonds is 5. The molecule has 0 heterocycles. The Kier molecular flexibility index (Phi) is 5.61. The molecule has 0 aliphatic rings. The van der Waals surface area contributed by atoms with E-state index in [9.17, 15) is 18.0 Å². The van der Waals surface area contributed by atoms with Gasteiger partial charge in [-0.3, -0.25) is 4.90 Å². The number of hydrogen-bond acceptors (Lipinski definition) is 4. The number of urea groups is 1. The van der Waals surface area contributed by atoms with Gasteiger partial charge in [0.05, 0.1) is 31.2 Å². The van der Waals surface area contributed by atoms with Gasteiger partial charge in [-0.2, -0.15) is 13.2 Å². The third kappa shape index (κ3) is 3.83. The number of alkyl halides is 3. The molecule has 0 bridgehead atoms. The summed E-state index contributed by atoms with van der Waals surface area (Å²) in [5.74, 6) is -0.433. The number of ether oxygens (including phenoxy) is 2. The van der Waals surface area contributed by atoms with Crippen LogP contribution >= 0.6 is 0 Å². The van der Waals surface area contributed by atoms with Crippen molar-refractivity contribution in [3.05, 3.63) is 47.5 Å². The first kappa shape index (κ1) is 19.4. The first-order valence-corrected chi connectivity index (χ1v) is 7.44. The lowest BCUT2D eigenvalue weighted by Gasteiger charge is -2.25. The van der Waals surface area contributed by atoms with Crippen molar-refractivity contribution in [3.8, 4) is 11.5 Å². The highest BCUT2D eigenvalue weighted by atomic mass is 19.4. The van der Waals surface area contributed by atoms with Gasteiger partial charge in [-0.25, -0.2) is 4.79 Å². The second-order valence-corrected chi connectivity index (χ2v) is 5.27. The van der Waals surface area contributed by atoms with E-state index in [1.54, 1.807) is 12.1 Å². The van der Waals surface area contributed by atoms with Crippen LogP contribution in [-0.4, -0.2) is 20.3 Å². The predicted octanol–water partition coefficient (Wildman–Crippen LogP) is 3.40. The number of carbonyl (C=O) groups is 1. The Morgan fingerprint density at radius 3 is 2.08 bits per heavy atom. The van der Waals surface area contributed by atoms with Crippen molar-refractivity contribution in [2.45, 2.75) is 12.7 Å². The maximum absolute atomic E-state index is 13.3. The molecule has 4 N–H and O–H groups in total. The Bertz CT molecular complexity index is 792. The van der Waals surface area contributed by atoms with Gasteiger partial charge < -0.3 is 20.9 Å². The van der Waals surface area contributed by atoms with Gasteiger partial charge in [0.1, 0.15) is 11.5 Å². The van der Waals surface area contributed by atoms with E-state index in [0.29, 0.717) is 0 Å². The molecule has 0 radical (unpaired) electrons. The summed E-state index contributed by atoms with van der Waals surface area (Å²) in [4.78, 5) is 12.9. The van der Waals surface area contributed by atoms with Gasteiger partial charge in [0.2, 0.25) is 0 Å². The first-order chi connectivity index (χ1) is 12.2. The van der Waals surface area contributed by atoms with E-state index in [2.05, 4.69) is 0 Å². The Morgan fingerprint density at radius 1 is 1.08 bits per heavy atom. The van der Waals surface area contributed by atoms with E-state index in [1.807, 2.05) is 0 Å². The number of methoxy groups -OCH3 is 2. The van der Waals surface area contributed by atoms with E-state index in [1.165, 1.54) is 19.2 Å². The molecule has 2 aromatic rings. The third-order valence-corrected chi connectivity index (χ3v) is 3.70. The zero-order chi connectivity index (χ0) is 19.5. The van der Waals surface area contributed by atoms with Crippen molar-refractivity contribution in [2.75, 3.05) is 19.1 Å². The van der Waals surface area contributed by atoms with Crippen LogP contribution in [0.5, 0.6) is 11.5 Å². The van der Waals surface area contributed by atoms with E-state index >= 15 is 0 Å². The van der Waals surface area contributed by atoms with Gasteiger partial charge in [0, 0.05) is 12.6 Å². The van der Waals surface area contributed by atoms with Gasteiger partial charge in [-0.1, -0.05) is 12.1 Å². The summed E-state index contributed by atoms with van der Waals surface area (Å²) in [5, 5.41) is 0. The number of benzene rings is 2. The third-order valence-electron chi connectivity index (χ3n) is 3.70. The molecule has 0 aliphatic heterocycles. The fraction of sp³-hybridized carbons (Fsp3) is 0.235. The van der Waals surface area contributed by atoms with Crippen molar-refractivity contribution in [2.24, 2.45) is 11.5 Å². The van der Waals surface area contributed by atoms with E-state index in [0.717, 1.165) is 29.7 Å². The van der Waals surface area contributed by atoms with Crippen LogP contribution in [-0.2, 0) is 12.7 Å². The van der Waals surface area contributed by atoms with E-state index < -0.39 is 23.5 Å². The summed E-state index contributed by atoms with van der Waals surface area (Å²) < 4.78 is 50.0. The normalized spacial score (nSPS) is 11.2.